The maximum Gasteiger partial charge on any atom is 0.306 e. The lowest BCUT2D eigenvalue weighted by molar-refractivity contribution is -0.142. The lowest BCUT2D eigenvalue weighted by Gasteiger charge is -2.34. The van der Waals surface area contributed by atoms with Crippen LogP contribution in [0.25, 0.3) is 0 Å². The molecule has 3 saturated heterocycles. The molecule has 0 spiro atoms. The number of benzene rings is 1. The fourth-order valence-electron chi connectivity index (χ4n) is 6.74. The molecule has 0 bridgehead atoms. The lowest BCUT2D eigenvalue weighted by atomic mass is 9.92. The normalized spacial score (nSPS) is 27.4. The van der Waals surface area contributed by atoms with Crippen molar-refractivity contribution in [3.8, 4) is 0 Å². The molecule has 1 aliphatic carbocycles. The van der Waals surface area contributed by atoms with Crippen LogP contribution in [0, 0.1) is 17.7 Å². The molecule has 5 rings (SSSR count). The molecule has 7 heteroatoms. The van der Waals surface area contributed by atoms with Crippen LogP contribution in [0.1, 0.15) is 69.3 Å². The maximum atomic E-state index is 14.2. The predicted octanol–water partition coefficient (Wildman–Crippen LogP) is 4.10. The molecule has 2 unspecified atom stereocenters. The summed E-state index contributed by atoms with van der Waals surface area (Å²) in [5, 5.41) is 9.31. The van der Waals surface area contributed by atoms with E-state index in [0.29, 0.717) is 44.4 Å². The Morgan fingerprint density at radius 2 is 1.59 bits per heavy atom. The third kappa shape index (κ3) is 4.95. The topological polar surface area (TPSA) is 64.1 Å². The highest BCUT2D eigenvalue weighted by molar-refractivity contribution is 5.80. The van der Waals surface area contributed by atoms with Gasteiger partial charge in [-0.2, -0.15) is 0 Å². The number of hydrogen-bond donors (Lipinski definition) is 1. The number of carboxylic acids is 1. The Bertz CT molecular complexity index is 895. The van der Waals surface area contributed by atoms with Crippen LogP contribution in [-0.2, 0) is 9.59 Å². The molecule has 4 aliphatic rings. The average molecular weight is 472 g/mol. The minimum atomic E-state index is -0.738. The van der Waals surface area contributed by atoms with Gasteiger partial charge in [-0.05, 0) is 62.8 Å². The number of likely N-dealkylation sites (tertiary alicyclic amines) is 2. The zero-order chi connectivity index (χ0) is 23.7. The van der Waals surface area contributed by atoms with Crippen molar-refractivity contribution in [3.63, 3.8) is 0 Å². The number of halogens is 1. The zero-order valence-electron chi connectivity index (χ0n) is 20.1. The van der Waals surface area contributed by atoms with Gasteiger partial charge in [0, 0.05) is 50.4 Å². The molecule has 0 aromatic heterocycles. The summed E-state index contributed by atoms with van der Waals surface area (Å²) in [7, 11) is 0. The molecule has 4 fully saturated rings. The lowest BCUT2D eigenvalue weighted by Crippen LogP contribution is -2.39. The molecule has 34 heavy (non-hydrogen) atoms. The summed E-state index contributed by atoms with van der Waals surface area (Å²) in [5.74, 6) is -0.702. The van der Waals surface area contributed by atoms with E-state index in [0.717, 1.165) is 43.7 Å². The highest BCUT2D eigenvalue weighted by Gasteiger charge is 2.38. The van der Waals surface area contributed by atoms with Crippen LogP contribution in [0.3, 0.4) is 0 Å². The molecule has 1 N–H and O–H groups in total. The zero-order valence-corrected chi connectivity index (χ0v) is 20.1. The van der Waals surface area contributed by atoms with Gasteiger partial charge in [0.25, 0.3) is 0 Å². The second kappa shape index (κ2) is 10.2. The van der Waals surface area contributed by atoms with E-state index in [1.165, 1.54) is 38.2 Å². The number of rotatable bonds is 5. The molecular formula is C27H38FN3O3. The number of piperidine rings is 1. The van der Waals surface area contributed by atoms with Gasteiger partial charge in [0.05, 0.1) is 11.8 Å². The van der Waals surface area contributed by atoms with Crippen molar-refractivity contribution < 1.29 is 19.1 Å². The minimum Gasteiger partial charge on any atom is -0.481 e. The smallest absolute Gasteiger partial charge is 0.306 e. The second-order valence-corrected chi connectivity index (χ2v) is 10.8. The van der Waals surface area contributed by atoms with Crippen LogP contribution in [-0.4, -0.2) is 72.1 Å². The van der Waals surface area contributed by atoms with E-state index in [4.69, 9.17) is 0 Å². The van der Waals surface area contributed by atoms with Gasteiger partial charge in [-0.3, -0.25) is 14.5 Å². The number of aliphatic carboxylic acids is 1. The van der Waals surface area contributed by atoms with Crippen LogP contribution in [0.5, 0.6) is 0 Å². The summed E-state index contributed by atoms with van der Waals surface area (Å²) in [6, 6.07) is 5.67. The quantitative estimate of drug-likeness (QED) is 0.701. The summed E-state index contributed by atoms with van der Waals surface area (Å²) in [6.45, 7) is 4.67. The van der Waals surface area contributed by atoms with Crippen LogP contribution in [0.2, 0.25) is 0 Å². The molecule has 186 valence electrons. The number of carbonyl (C=O) groups excluding carboxylic acids is 1. The molecule has 3 aliphatic heterocycles. The van der Waals surface area contributed by atoms with Crippen molar-refractivity contribution >= 4 is 17.6 Å². The fraction of sp³-hybridized carbons (Fsp3) is 0.704. The van der Waals surface area contributed by atoms with Crippen molar-refractivity contribution in [2.75, 3.05) is 44.2 Å². The van der Waals surface area contributed by atoms with Crippen LogP contribution < -0.4 is 4.90 Å². The number of amides is 1. The third-order valence-electron chi connectivity index (χ3n) is 8.78. The SMILES string of the molecule is O=C(O)C1CCN(c2cc(F)ccc2C2CCN(C(=O)C3CCN(C4CCCCC4)C3)C2)CC1. The van der Waals surface area contributed by atoms with Gasteiger partial charge >= 0.3 is 5.97 Å². The van der Waals surface area contributed by atoms with Gasteiger partial charge in [-0.1, -0.05) is 25.3 Å². The number of anilines is 1. The third-order valence-corrected chi connectivity index (χ3v) is 8.78. The second-order valence-electron chi connectivity index (χ2n) is 10.8. The Labute approximate surface area is 202 Å². The monoisotopic (exact) mass is 471 g/mol. The van der Waals surface area contributed by atoms with E-state index in [2.05, 4.69) is 9.80 Å². The van der Waals surface area contributed by atoms with E-state index < -0.39 is 5.97 Å². The summed E-state index contributed by atoms with van der Waals surface area (Å²) in [4.78, 5) is 31.4. The highest BCUT2D eigenvalue weighted by Crippen LogP contribution is 2.37. The van der Waals surface area contributed by atoms with Gasteiger partial charge in [-0.15, -0.1) is 0 Å². The number of carboxylic acid groups (broad SMARTS) is 1. The first-order valence-electron chi connectivity index (χ1n) is 13.3. The fourth-order valence-corrected chi connectivity index (χ4v) is 6.74. The van der Waals surface area contributed by atoms with Crippen molar-refractivity contribution in [1.29, 1.82) is 0 Å². The van der Waals surface area contributed by atoms with Crippen LogP contribution >= 0.6 is 0 Å². The van der Waals surface area contributed by atoms with Gasteiger partial charge < -0.3 is 14.9 Å². The molecule has 1 aromatic rings. The van der Waals surface area contributed by atoms with Crippen molar-refractivity contribution in [2.45, 2.75) is 69.7 Å². The Morgan fingerprint density at radius 1 is 0.853 bits per heavy atom. The van der Waals surface area contributed by atoms with E-state index in [9.17, 15) is 19.1 Å². The highest BCUT2D eigenvalue weighted by atomic mass is 19.1. The molecular weight excluding hydrogens is 433 g/mol. The van der Waals surface area contributed by atoms with Gasteiger partial charge in [0.15, 0.2) is 0 Å². The molecule has 0 radical (unpaired) electrons. The summed E-state index contributed by atoms with van der Waals surface area (Å²) >= 11 is 0. The number of nitrogens with zero attached hydrogens (tertiary/aromatic N) is 3. The molecule has 2 atom stereocenters. The van der Waals surface area contributed by atoms with E-state index in [1.54, 1.807) is 6.07 Å². The van der Waals surface area contributed by atoms with Crippen LogP contribution in [0.4, 0.5) is 10.1 Å². The van der Waals surface area contributed by atoms with E-state index in [-0.39, 0.29) is 23.6 Å². The Morgan fingerprint density at radius 3 is 2.32 bits per heavy atom. The Balaban J connectivity index is 1.22. The Kier molecular flexibility index (Phi) is 7.09. The number of carbonyl (C=O) groups is 2. The molecule has 1 amide bonds. The maximum absolute atomic E-state index is 14.2. The van der Waals surface area contributed by atoms with Crippen molar-refractivity contribution in [2.24, 2.45) is 11.8 Å². The van der Waals surface area contributed by atoms with Gasteiger partial charge in [0.1, 0.15) is 5.82 Å². The summed E-state index contributed by atoms with van der Waals surface area (Å²) in [6.07, 6.45) is 9.59. The summed E-state index contributed by atoms with van der Waals surface area (Å²) < 4.78 is 14.2. The van der Waals surface area contributed by atoms with Gasteiger partial charge in [-0.25, -0.2) is 4.39 Å². The van der Waals surface area contributed by atoms with Crippen molar-refractivity contribution in [3.05, 3.63) is 29.6 Å². The predicted molar refractivity (Wildman–Crippen MR) is 129 cm³/mol. The molecule has 3 heterocycles. The number of hydrogen-bond acceptors (Lipinski definition) is 4. The molecule has 1 saturated carbocycles. The average Bonchev–Trinajstić information content (AvgIpc) is 3.55. The van der Waals surface area contributed by atoms with Crippen molar-refractivity contribution in [1.82, 2.24) is 9.80 Å². The molecule has 1 aromatic carbocycles. The van der Waals surface area contributed by atoms with Gasteiger partial charge in [0.2, 0.25) is 5.91 Å². The first-order chi connectivity index (χ1) is 16.5. The summed E-state index contributed by atoms with van der Waals surface area (Å²) in [5.41, 5.74) is 1.98. The van der Waals surface area contributed by atoms with E-state index in [1.807, 2.05) is 11.0 Å². The largest absolute Gasteiger partial charge is 0.481 e. The first kappa shape index (κ1) is 23.6. The molecule has 6 nitrogen and oxygen atoms in total. The first-order valence-corrected chi connectivity index (χ1v) is 13.3. The van der Waals surface area contributed by atoms with Crippen LogP contribution in [0.15, 0.2) is 18.2 Å². The minimum absolute atomic E-state index is 0.114. The Hall–Kier alpha value is -2.15. The standard InChI is InChI=1S/C27H38FN3O3/c28-22-6-7-24(25(16-22)29-12-8-19(9-13-29)27(33)34)20-10-15-31(17-20)26(32)21-11-14-30(18-21)23-4-2-1-3-5-23/h6-7,16,19-21,23H,1-5,8-15,17-18H2,(H,33,34). The van der Waals surface area contributed by atoms with E-state index >= 15 is 0 Å².